The number of primary amides is 1. The molecule has 1 fully saturated rings. The molecule has 0 radical (unpaired) electrons. The molecule has 6 nitrogen and oxygen atoms in total. The highest BCUT2D eigenvalue weighted by Gasteiger charge is 2.35. The van der Waals surface area contributed by atoms with Crippen molar-refractivity contribution in [3.63, 3.8) is 0 Å². The highest BCUT2D eigenvalue weighted by Crippen LogP contribution is 2.33. The molecule has 2 amide bonds. The zero-order valence-corrected chi connectivity index (χ0v) is 12.3. The minimum Gasteiger partial charge on any atom is -0.364 e. The molecular weight excluding hydrogens is 256 g/mol. The van der Waals surface area contributed by atoms with Gasteiger partial charge in [-0.1, -0.05) is 20.8 Å². The second-order valence-corrected chi connectivity index (χ2v) is 6.33. The van der Waals surface area contributed by atoms with Crippen LogP contribution >= 0.6 is 0 Å². The van der Waals surface area contributed by atoms with Gasteiger partial charge in [-0.3, -0.25) is 14.7 Å². The summed E-state index contributed by atoms with van der Waals surface area (Å²) < 4.78 is 0. The maximum atomic E-state index is 12.5. The molecule has 3 N–H and O–H groups in total. The summed E-state index contributed by atoms with van der Waals surface area (Å²) in [6.45, 7) is 6.50. The number of aromatic nitrogens is 2. The Morgan fingerprint density at radius 2 is 2.10 bits per heavy atom. The average molecular weight is 278 g/mol. The van der Waals surface area contributed by atoms with Crippen LogP contribution in [0.25, 0.3) is 0 Å². The van der Waals surface area contributed by atoms with Crippen molar-refractivity contribution >= 4 is 11.8 Å². The fourth-order valence-electron chi connectivity index (χ4n) is 2.56. The number of nitrogens with two attached hydrogens (primary N) is 1. The first-order valence-electron chi connectivity index (χ1n) is 6.97. The summed E-state index contributed by atoms with van der Waals surface area (Å²) >= 11 is 0. The number of nitrogens with zero attached hydrogens (tertiary/aromatic N) is 2. The number of rotatable bonds is 2. The summed E-state index contributed by atoms with van der Waals surface area (Å²) in [4.78, 5) is 25.6. The minimum absolute atomic E-state index is 0.0453. The van der Waals surface area contributed by atoms with Crippen LogP contribution in [0, 0.1) is 5.41 Å². The van der Waals surface area contributed by atoms with Crippen LogP contribution in [0.15, 0.2) is 6.07 Å². The van der Waals surface area contributed by atoms with E-state index in [0.717, 1.165) is 31.5 Å². The van der Waals surface area contributed by atoms with E-state index in [-0.39, 0.29) is 17.6 Å². The first-order chi connectivity index (χ1) is 9.30. The van der Waals surface area contributed by atoms with E-state index >= 15 is 0 Å². The van der Waals surface area contributed by atoms with E-state index < -0.39 is 11.3 Å². The molecule has 0 aliphatic carbocycles. The molecule has 0 spiro atoms. The molecule has 1 aliphatic rings. The van der Waals surface area contributed by atoms with Crippen LogP contribution in [0.5, 0.6) is 0 Å². The zero-order valence-electron chi connectivity index (χ0n) is 12.3. The Kier molecular flexibility index (Phi) is 3.83. The lowest BCUT2D eigenvalue weighted by molar-refractivity contribution is -0.143. The number of likely N-dealkylation sites (tertiary alicyclic amines) is 1. The van der Waals surface area contributed by atoms with E-state index in [9.17, 15) is 9.59 Å². The van der Waals surface area contributed by atoms with Gasteiger partial charge in [-0.2, -0.15) is 5.10 Å². The monoisotopic (exact) mass is 278 g/mol. The number of amides is 2. The Balaban J connectivity index is 2.26. The molecule has 1 aromatic heterocycles. The van der Waals surface area contributed by atoms with Gasteiger partial charge < -0.3 is 10.6 Å². The van der Waals surface area contributed by atoms with Gasteiger partial charge in [-0.15, -0.1) is 0 Å². The van der Waals surface area contributed by atoms with Gasteiger partial charge in [0, 0.05) is 12.0 Å². The Morgan fingerprint density at radius 3 is 2.65 bits per heavy atom. The van der Waals surface area contributed by atoms with E-state index in [0.29, 0.717) is 0 Å². The molecule has 20 heavy (non-hydrogen) atoms. The Bertz CT molecular complexity index is 515. The summed E-state index contributed by atoms with van der Waals surface area (Å²) in [5.41, 5.74) is 5.81. The van der Waals surface area contributed by atoms with E-state index in [2.05, 4.69) is 10.2 Å². The van der Waals surface area contributed by atoms with Gasteiger partial charge in [0.15, 0.2) is 0 Å². The van der Waals surface area contributed by atoms with Crippen molar-refractivity contribution in [1.82, 2.24) is 15.1 Å². The minimum atomic E-state index is -0.558. The number of carbonyl (C=O) groups excluding carboxylic acids is 2. The summed E-state index contributed by atoms with van der Waals surface area (Å²) in [6.07, 6.45) is 2.95. The summed E-state index contributed by atoms with van der Waals surface area (Å²) in [7, 11) is 0. The van der Waals surface area contributed by atoms with Crippen LogP contribution in [0.4, 0.5) is 0 Å². The van der Waals surface area contributed by atoms with Crippen molar-refractivity contribution < 1.29 is 9.59 Å². The molecule has 2 rings (SSSR count). The molecule has 1 unspecified atom stereocenters. The first-order valence-corrected chi connectivity index (χ1v) is 6.97. The van der Waals surface area contributed by atoms with Crippen LogP contribution in [0.1, 0.15) is 62.3 Å². The Hall–Kier alpha value is -1.85. The van der Waals surface area contributed by atoms with Crippen molar-refractivity contribution in [2.45, 2.75) is 46.1 Å². The van der Waals surface area contributed by atoms with Gasteiger partial charge in [-0.05, 0) is 25.3 Å². The van der Waals surface area contributed by atoms with Gasteiger partial charge in [0.25, 0.3) is 5.91 Å². The fraction of sp³-hybridized carbons (Fsp3) is 0.643. The molecule has 2 heterocycles. The standard InChI is InChI=1S/C14H22N4O2/c1-14(2,3)13(20)18-7-5-4-6-11(18)9-8-10(12(15)19)17-16-9/h8,11H,4-7H2,1-3H3,(H2,15,19)(H,16,17). The van der Waals surface area contributed by atoms with E-state index in [1.165, 1.54) is 0 Å². The lowest BCUT2D eigenvalue weighted by Crippen LogP contribution is -2.44. The number of H-pyrrole nitrogens is 1. The van der Waals surface area contributed by atoms with Gasteiger partial charge in [0.2, 0.25) is 5.91 Å². The van der Waals surface area contributed by atoms with Crippen LogP contribution in [0.3, 0.4) is 0 Å². The van der Waals surface area contributed by atoms with Gasteiger partial charge in [0.1, 0.15) is 5.69 Å². The predicted molar refractivity (Wildman–Crippen MR) is 74.9 cm³/mol. The van der Waals surface area contributed by atoms with E-state index in [1.807, 2.05) is 25.7 Å². The average Bonchev–Trinajstić information content (AvgIpc) is 2.86. The molecule has 1 saturated heterocycles. The van der Waals surface area contributed by atoms with Gasteiger partial charge >= 0.3 is 0 Å². The number of nitrogens with one attached hydrogen (secondary N) is 1. The van der Waals surface area contributed by atoms with Crippen LogP contribution < -0.4 is 5.73 Å². The van der Waals surface area contributed by atoms with E-state index in [1.54, 1.807) is 6.07 Å². The Labute approximate surface area is 118 Å². The lowest BCUT2D eigenvalue weighted by Gasteiger charge is -2.38. The molecule has 110 valence electrons. The molecule has 0 saturated carbocycles. The van der Waals surface area contributed by atoms with Crippen LogP contribution in [0.2, 0.25) is 0 Å². The van der Waals surface area contributed by atoms with E-state index in [4.69, 9.17) is 5.73 Å². The van der Waals surface area contributed by atoms with Gasteiger partial charge in [-0.25, -0.2) is 0 Å². The Morgan fingerprint density at radius 1 is 1.40 bits per heavy atom. The number of carbonyl (C=O) groups is 2. The highest BCUT2D eigenvalue weighted by molar-refractivity contribution is 5.90. The topological polar surface area (TPSA) is 92.1 Å². The lowest BCUT2D eigenvalue weighted by atomic mass is 9.90. The van der Waals surface area contributed by atoms with Crippen molar-refractivity contribution in [1.29, 1.82) is 0 Å². The molecule has 0 bridgehead atoms. The van der Waals surface area contributed by atoms with Gasteiger partial charge in [0.05, 0.1) is 11.7 Å². The summed E-state index contributed by atoms with van der Waals surface area (Å²) in [5, 5.41) is 6.76. The predicted octanol–water partition coefficient (Wildman–Crippen LogP) is 1.61. The van der Waals surface area contributed by atoms with Crippen molar-refractivity contribution in [3.05, 3.63) is 17.5 Å². The van der Waals surface area contributed by atoms with Crippen molar-refractivity contribution in [3.8, 4) is 0 Å². The molecule has 1 aromatic rings. The van der Waals surface area contributed by atoms with Crippen LogP contribution in [-0.2, 0) is 4.79 Å². The number of piperidine rings is 1. The largest absolute Gasteiger partial charge is 0.364 e. The van der Waals surface area contributed by atoms with Crippen molar-refractivity contribution in [2.24, 2.45) is 11.1 Å². The number of hydrogen-bond donors (Lipinski definition) is 2. The molecule has 1 atom stereocenters. The zero-order chi connectivity index (χ0) is 14.9. The normalized spacial score (nSPS) is 19.9. The first kappa shape index (κ1) is 14.6. The molecular formula is C14H22N4O2. The third-order valence-electron chi connectivity index (χ3n) is 3.61. The fourth-order valence-corrected chi connectivity index (χ4v) is 2.56. The maximum Gasteiger partial charge on any atom is 0.269 e. The molecule has 1 aliphatic heterocycles. The molecule has 6 heteroatoms. The molecule has 0 aromatic carbocycles. The summed E-state index contributed by atoms with van der Waals surface area (Å²) in [5.74, 6) is -0.436. The second-order valence-electron chi connectivity index (χ2n) is 6.33. The third-order valence-corrected chi connectivity index (χ3v) is 3.61. The smallest absolute Gasteiger partial charge is 0.269 e. The maximum absolute atomic E-state index is 12.5. The number of aromatic amines is 1. The third kappa shape index (κ3) is 2.84. The quantitative estimate of drug-likeness (QED) is 0.860. The van der Waals surface area contributed by atoms with Crippen molar-refractivity contribution in [2.75, 3.05) is 6.54 Å². The second kappa shape index (κ2) is 5.26. The van der Waals surface area contributed by atoms with Crippen LogP contribution in [-0.4, -0.2) is 33.5 Å². The SMILES string of the molecule is CC(C)(C)C(=O)N1CCCCC1c1cc(C(N)=O)n[nH]1. The highest BCUT2D eigenvalue weighted by atomic mass is 16.2. The number of hydrogen-bond acceptors (Lipinski definition) is 3. The summed E-state index contributed by atoms with van der Waals surface area (Å²) in [6, 6.07) is 1.61.